The van der Waals surface area contributed by atoms with Crippen LogP contribution in [0.4, 0.5) is 0 Å². The van der Waals surface area contributed by atoms with Crippen LogP contribution in [0.25, 0.3) is 0 Å². The topological polar surface area (TPSA) is 41.1 Å². The molecule has 0 bridgehead atoms. The molecule has 1 fully saturated rings. The van der Waals surface area contributed by atoms with Gasteiger partial charge in [0, 0.05) is 12.0 Å². The van der Waals surface area contributed by atoms with E-state index in [0.29, 0.717) is 0 Å². The van der Waals surface area contributed by atoms with Gasteiger partial charge in [-0.05, 0) is 37.8 Å². The number of benzene rings is 1. The highest BCUT2D eigenvalue weighted by Gasteiger charge is 2.30. The fraction of sp³-hybridized carbons (Fsp3) is 0.611. The van der Waals surface area contributed by atoms with E-state index in [1.807, 2.05) is 6.07 Å². The summed E-state index contributed by atoms with van der Waals surface area (Å²) in [5.74, 6) is 0.164. The second-order valence-electron chi connectivity index (χ2n) is 6.07. The van der Waals surface area contributed by atoms with Gasteiger partial charge in [-0.15, -0.1) is 0 Å². The summed E-state index contributed by atoms with van der Waals surface area (Å²) in [6, 6.07) is 10.6. The third kappa shape index (κ3) is 3.85. The van der Waals surface area contributed by atoms with Crippen LogP contribution in [0.1, 0.15) is 51.5 Å². The van der Waals surface area contributed by atoms with Crippen molar-refractivity contribution in [2.45, 2.75) is 57.4 Å². The molecule has 1 amide bonds. The summed E-state index contributed by atoms with van der Waals surface area (Å²) >= 11 is 0. The summed E-state index contributed by atoms with van der Waals surface area (Å²) in [5, 5.41) is 6.51. The quantitative estimate of drug-likeness (QED) is 0.845. The summed E-state index contributed by atoms with van der Waals surface area (Å²) in [7, 11) is 0. The maximum atomic E-state index is 12.3. The number of rotatable bonds is 6. The molecule has 21 heavy (non-hydrogen) atoms. The first-order valence-corrected chi connectivity index (χ1v) is 8.28. The first-order chi connectivity index (χ1) is 10.2. The van der Waals surface area contributed by atoms with Crippen molar-refractivity contribution in [2.75, 3.05) is 13.1 Å². The molecule has 0 spiro atoms. The first-order valence-electron chi connectivity index (χ1n) is 8.28. The van der Waals surface area contributed by atoms with E-state index in [4.69, 9.17) is 0 Å². The van der Waals surface area contributed by atoms with Crippen LogP contribution in [0, 0.1) is 0 Å². The highest BCUT2D eigenvalue weighted by atomic mass is 16.2. The molecule has 116 valence electrons. The summed E-state index contributed by atoms with van der Waals surface area (Å²) in [4.78, 5) is 12.3. The highest BCUT2D eigenvalue weighted by Crippen LogP contribution is 2.30. The molecule has 1 unspecified atom stereocenters. The molecule has 2 rings (SSSR count). The van der Waals surface area contributed by atoms with Crippen molar-refractivity contribution >= 4 is 5.91 Å². The first kappa shape index (κ1) is 16.0. The zero-order valence-corrected chi connectivity index (χ0v) is 13.3. The van der Waals surface area contributed by atoms with E-state index in [-0.39, 0.29) is 17.4 Å². The molecule has 1 aromatic rings. The Morgan fingerprint density at radius 1 is 1.24 bits per heavy atom. The van der Waals surface area contributed by atoms with Crippen LogP contribution in [-0.4, -0.2) is 25.0 Å². The Morgan fingerprint density at radius 2 is 1.95 bits per heavy atom. The van der Waals surface area contributed by atoms with Crippen molar-refractivity contribution in [3.8, 4) is 0 Å². The maximum absolute atomic E-state index is 12.3. The van der Waals surface area contributed by atoms with Crippen molar-refractivity contribution in [1.82, 2.24) is 10.6 Å². The minimum absolute atomic E-state index is 0.000866. The Morgan fingerprint density at radius 3 is 2.52 bits per heavy atom. The standard InChI is InChI=1S/C18H28N2O/c1-3-18(4-2,15-10-6-5-7-11-15)14-20-17(21)16-12-8-9-13-19-16/h5-7,10-11,16,19H,3-4,8-9,12-14H2,1-2H3,(H,20,21). The van der Waals surface area contributed by atoms with Crippen LogP contribution < -0.4 is 10.6 Å². The molecule has 2 N–H and O–H groups in total. The predicted molar refractivity (Wildman–Crippen MR) is 87.4 cm³/mol. The zero-order valence-electron chi connectivity index (χ0n) is 13.3. The molecule has 1 aliphatic rings. The van der Waals surface area contributed by atoms with Crippen LogP contribution in [-0.2, 0) is 10.2 Å². The minimum atomic E-state index is 0.000866. The van der Waals surface area contributed by atoms with Gasteiger partial charge in [0.2, 0.25) is 5.91 Å². The van der Waals surface area contributed by atoms with E-state index in [1.54, 1.807) is 0 Å². The van der Waals surface area contributed by atoms with Crippen LogP contribution >= 0.6 is 0 Å². The normalized spacial score (nSPS) is 19.2. The Balaban J connectivity index is 2.01. The Kier molecular flexibility index (Phi) is 5.80. The lowest BCUT2D eigenvalue weighted by molar-refractivity contribution is -0.124. The lowest BCUT2D eigenvalue weighted by Gasteiger charge is -2.33. The summed E-state index contributed by atoms with van der Waals surface area (Å²) in [6.45, 7) is 6.10. The van der Waals surface area contributed by atoms with Gasteiger partial charge < -0.3 is 10.6 Å². The van der Waals surface area contributed by atoms with E-state index in [1.165, 1.54) is 12.0 Å². The van der Waals surface area contributed by atoms with E-state index < -0.39 is 0 Å². The third-order valence-electron chi connectivity index (χ3n) is 4.97. The fourth-order valence-electron chi connectivity index (χ4n) is 3.26. The molecule has 3 heteroatoms. The summed E-state index contributed by atoms with van der Waals surface area (Å²) in [6.07, 6.45) is 5.36. The lowest BCUT2D eigenvalue weighted by Crippen LogP contribution is -2.50. The number of carbonyl (C=O) groups is 1. The second kappa shape index (κ2) is 7.60. The summed E-state index contributed by atoms with van der Waals surface area (Å²) in [5.41, 5.74) is 1.37. The number of hydrogen-bond donors (Lipinski definition) is 2. The van der Waals surface area contributed by atoms with E-state index in [2.05, 4.69) is 48.7 Å². The molecule has 0 aromatic heterocycles. The third-order valence-corrected chi connectivity index (χ3v) is 4.97. The molecule has 3 nitrogen and oxygen atoms in total. The number of nitrogens with one attached hydrogen (secondary N) is 2. The Hall–Kier alpha value is -1.35. The predicted octanol–water partition coefficient (Wildman–Crippen LogP) is 3.00. The van der Waals surface area contributed by atoms with Crippen LogP contribution in [0.2, 0.25) is 0 Å². The molecular weight excluding hydrogens is 260 g/mol. The molecule has 1 atom stereocenters. The van der Waals surface area contributed by atoms with Crippen molar-refractivity contribution in [3.63, 3.8) is 0 Å². The number of piperidine rings is 1. The van der Waals surface area contributed by atoms with Gasteiger partial charge in [-0.2, -0.15) is 0 Å². The number of carbonyl (C=O) groups excluding carboxylic acids is 1. The van der Waals surface area contributed by atoms with Gasteiger partial charge >= 0.3 is 0 Å². The number of hydrogen-bond acceptors (Lipinski definition) is 2. The van der Waals surface area contributed by atoms with Crippen LogP contribution in [0.3, 0.4) is 0 Å². The Bertz CT molecular complexity index is 434. The van der Waals surface area contributed by atoms with Gasteiger partial charge in [0.1, 0.15) is 0 Å². The van der Waals surface area contributed by atoms with Gasteiger partial charge in [0.15, 0.2) is 0 Å². The molecule has 0 aliphatic carbocycles. The average molecular weight is 288 g/mol. The number of amides is 1. The molecule has 1 heterocycles. The fourth-order valence-corrected chi connectivity index (χ4v) is 3.26. The minimum Gasteiger partial charge on any atom is -0.354 e. The smallest absolute Gasteiger partial charge is 0.237 e. The van der Waals surface area contributed by atoms with Gasteiger partial charge in [-0.1, -0.05) is 50.6 Å². The summed E-state index contributed by atoms with van der Waals surface area (Å²) < 4.78 is 0. The molecule has 1 aliphatic heterocycles. The SMILES string of the molecule is CCC(CC)(CNC(=O)C1CCCCN1)c1ccccc1. The van der Waals surface area contributed by atoms with Crippen molar-refractivity contribution in [3.05, 3.63) is 35.9 Å². The van der Waals surface area contributed by atoms with Crippen LogP contribution in [0.15, 0.2) is 30.3 Å². The highest BCUT2D eigenvalue weighted by molar-refractivity contribution is 5.81. The van der Waals surface area contributed by atoms with Gasteiger partial charge in [0.25, 0.3) is 0 Å². The van der Waals surface area contributed by atoms with Gasteiger partial charge in [-0.3, -0.25) is 4.79 Å². The molecule has 1 saturated heterocycles. The molecule has 1 aromatic carbocycles. The van der Waals surface area contributed by atoms with E-state index in [9.17, 15) is 4.79 Å². The van der Waals surface area contributed by atoms with E-state index >= 15 is 0 Å². The van der Waals surface area contributed by atoms with Crippen molar-refractivity contribution < 1.29 is 4.79 Å². The van der Waals surface area contributed by atoms with Crippen molar-refractivity contribution in [1.29, 1.82) is 0 Å². The maximum Gasteiger partial charge on any atom is 0.237 e. The Labute approximate surface area is 128 Å². The lowest BCUT2D eigenvalue weighted by atomic mass is 9.75. The van der Waals surface area contributed by atoms with Crippen molar-refractivity contribution in [2.24, 2.45) is 0 Å². The monoisotopic (exact) mass is 288 g/mol. The second-order valence-corrected chi connectivity index (χ2v) is 6.07. The van der Waals surface area contributed by atoms with Gasteiger partial charge in [-0.25, -0.2) is 0 Å². The largest absolute Gasteiger partial charge is 0.354 e. The molecule has 0 radical (unpaired) electrons. The molecular formula is C18H28N2O. The van der Waals surface area contributed by atoms with Crippen LogP contribution in [0.5, 0.6) is 0 Å². The van der Waals surface area contributed by atoms with E-state index in [0.717, 1.165) is 38.8 Å². The van der Waals surface area contributed by atoms with Gasteiger partial charge in [0.05, 0.1) is 6.04 Å². The average Bonchev–Trinajstić information content (AvgIpc) is 2.58. The zero-order chi connectivity index (χ0) is 15.1. The molecule has 0 saturated carbocycles.